The molecule has 1 aromatic rings. The van der Waals surface area contributed by atoms with Gasteiger partial charge in [0.15, 0.2) is 0 Å². The molecule has 0 radical (unpaired) electrons. The zero-order chi connectivity index (χ0) is 9.84. The molecular weight excluding hydrogens is 166 g/mol. The summed E-state index contributed by atoms with van der Waals surface area (Å²) in [6, 6.07) is 5.02. The zero-order valence-corrected chi connectivity index (χ0v) is 7.53. The molecule has 1 unspecified atom stereocenters. The van der Waals surface area contributed by atoms with E-state index in [1.165, 1.54) is 0 Å². The van der Waals surface area contributed by atoms with Gasteiger partial charge in [-0.25, -0.2) is 0 Å². The van der Waals surface area contributed by atoms with Gasteiger partial charge in [0.2, 0.25) is 0 Å². The zero-order valence-electron chi connectivity index (χ0n) is 7.53. The lowest BCUT2D eigenvalue weighted by Gasteiger charge is -2.09. The number of aldehydes is 1. The molecule has 3 nitrogen and oxygen atoms in total. The molecule has 0 aromatic heterocycles. The molecule has 0 amide bonds. The first-order chi connectivity index (χ1) is 6.15. The molecule has 0 aliphatic carbocycles. The molecular formula is C10H13NO2. The average Bonchev–Trinajstić information content (AvgIpc) is 2.10. The summed E-state index contributed by atoms with van der Waals surface area (Å²) < 4.78 is 0. The Hall–Kier alpha value is -1.51. The lowest BCUT2D eigenvalue weighted by molar-refractivity contribution is -0.108. The number of rotatable bonds is 3. The molecule has 0 aliphatic rings. The Labute approximate surface area is 77.2 Å². The van der Waals surface area contributed by atoms with Crippen LogP contribution in [-0.2, 0) is 4.79 Å². The molecule has 0 aliphatic heterocycles. The highest BCUT2D eigenvalue weighted by molar-refractivity contribution is 5.56. The third-order valence-corrected chi connectivity index (χ3v) is 2.07. The van der Waals surface area contributed by atoms with E-state index in [2.05, 4.69) is 0 Å². The van der Waals surface area contributed by atoms with Crippen molar-refractivity contribution in [3.8, 4) is 5.75 Å². The Morgan fingerprint density at radius 2 is 2.31 bits per heavy atom. The van der Waals surface area contributed by atoms with Gasteiger partial charge in [0.1, 0.15) is 12.0 Å². The molecule has 1 aromatic carbocycles. The Morgan fingerprint density at radius 3 is 2.85 bits per heavy atom. The number of aromatic hydroxyl groups is 1. The molecule has 13 heavy (non-hydrogen) atoms. The van der Waals surface area contributed by atoms with Gasteiger partial charge in [-0.2, -0.15) is 0 Å². The lowest BCUT2D eigenvalue weighted by atomic mass is 9.98. The Morgan fingerprint density at radius 1 is 1.62 bits per heavy atom. The highest BCUT2D eigenvalue weighted by Gasteiger charge is 2.06. The normalized spacial score (nSPS) is 12.4. The van der Waals surface area contributed by atoms with Gasteiger partial charge < -0.3 is 15.6 Å². The van der Waals surface area contributed by atoms with Crippen molar-refractivity contribution in [3.63, 3.8) is 0 Å². The van der Waals surface area contributed by atoms with Crippen LogP contribution in [0.5, 0.6) is 5.75 Å². The van der Waals surface area contributed by atoms with Gasteiger partial charge in [0.25, 0.3) is 0 Å². The third-order valence-electron chi connectivity index (χ3n) is 2.07. The second-order valence-electron chi connectivity index (χ2n) is 3.12. The van der Waals surface area contributed by atoms with Crippen molar-refractivity contribution in [1.82, 2.24) is 0 Å². The Bertz CT molecular complexity index is 310. The number of phenols is 1. The predicted molar refractivity (Wildman–Crippen MR) is 51.6 cm³/mol. The van der Waals surface area contributed by atoms with Crippen LogP contribution in [-0.4, -0.2) is 11.4 Å². The first kappa shape index (κ1) is 9.58. The van der Waals surface area contributed by atoms with Crippen molar-refractivity contribution in [1.29, 1.82) is 0 Å². The second-order valence-corrected chi connectivity index (χ2v) is 3.12. The molecule has 0 spiro atoms. The second kappa shape index (κ2) is 3.94. The van der Waals surface area contributed by atoms with Gasteiger partial charge in [-0.1, -0.05) is 13.0 Å². The average molecular weight is 179 g/mol. The molecule has 3 N–H and O–H groups in total. The molecule has 1 rings (SSSR count). The highest BCUT2D eigenvalue weighted by atomic mass is 16.3. The maximum Gasteiger partial charge on any atom is 0.138 e. The lowest BCUT2D eigenvalue weighted by Crippen LogP contribution is -1.96. The van der Waals surface area contributed by atoms with Crippen LogP contribution in [0.1, 0.15) is 24.8 Å². The Kier molecular flexibility index (Phi) is 2.90. The first-order valence-corrected chi connectivity index (χ1v) is 4.17. The van der Waals surface area contributed by atoms with Gasteiger partial charge in [-0.3, -0.25) is 0 Å². The summed E-state index contributed by atoms with van der Waals surface area (Å²) in [6.45, 7) is 1.94. The predicted octanol–water partition coefficient (Wildman–Crippen LogP) is 1.67. The number of carbonyl (C=O) groups excluding carboxylic acids is 1. The molecule has 0 saturated heterocycles. The van der Waals surface area contributed by atoms with E-state index in [4.69, 9.17) is 10.8 Å². The van der Waals surface area contributed by atoms with E-state index in [0.29, 0.717) is 12.1 Å². The minimum absolute atomic E-state index is 0.0852. The summed E-state index contributed by atoms with van der Waals surface area (Å²) in [6.07, 6.45) is 1.36. The number of nitrogen functional groups attached to an aromatic ring is 1. The summed E-state index contributed by atoms with van der Waals surface area (Å²) >= 11 is 0. The van der Waals surface area contributed by atoms with E-state index in [9.17, 15) is 4.79 Å². The van der Waals surface area contributed by atoms with Crippen LogP contribution in [0, 0.1) is 0 Å². The van der Waals surface area contributed by atoms with Crippen molar-refractivity contribution < 1.29 is 9.90 Å². The third kappa shape index (κ3) is 2.21. The van der Waals surface area contributed by atoms with Crippen LogP contribution in [0.15, 0.2) is 18.2 Å². The minimum atomic E-state index is 0.0852. The fraction of sp³-hybridized carbons (Fsp3) is 0.300. The van der Waals surface area contributed by atoms with Gasteiger partial charge in [0, 0.05) is 6.42 Å². The quantitative estimate of drug-likeness (QED) is 0.421. The number of hydrogen-bond acceptors (Lipinski definition) is 3. The van der Waals surface area contributed by atoms with Gasteiger partial charge in [-0.15, -0.1) is 0 Å². The van der Waals surface area contributed by atoms with Gasteiger partial charge in [-0.05, 0) is 23.6 Å². The van der Waals surface area contributed by atoms with E-state index in [0.717, 1.165) is 11.8 Å². The summed E-state index contributed by atoms with van der Waals surface area (Å²) in [5.41, 5.74) is 6.85. The number of carbonyl (C=O) groups is 1. The van der Waals surface area contributed by atoms with E-state index in [1.54, 1.807) is 18.2 Å². The fourth-order valence-corrected chi connectivity index (χ4v) is 1.16. The SMILES string of the molecule is CC(CC=O)c1ccc(O)c(N)c1. The van der Waals surface area contributed by atoms with Gasteiger partial charge in [0.05, 0.1) is 5.69 Å². The molecule has 3 heteroatoms. The number of anilines is 1. The fourth-order valence-electron chi connectivity index (χ4n) is 1.16. The van der Waals surface area contributed by atoms with Crippen molar-refractivity contribution in [3.05, 3.63) is 23.8 Å². The van der Waals surface area contributed by atoms with Crippen LogP contribution in [0.25, 0.3) is 0 Å². The Balaban J connectivity index is 2.89. The van der Waals surface area contributed by atoms with Crippen molar-refractivity contribution >= 4 is 12.0 Å². The van der Waals surface area contributed by atoms with Crippen LogP contribution in [0.3, 0.4) is 0 Å². The van der Waals surface area contributed by atoms with Crippen molar-refractivity contribution in [2.45, 2.75) is 19.3 Å². The largest absolute Gasteiger partial charge is 0.506 e. The maximum atomic E-state index is 10.3. The summed E-state index contributed by atoms with van der Waals surface area (Å²) in [7, 11) is 0. The van der Waals surface area contributed by atoms with Crippen LogP contribution in [0.2, 0.25) is 0 Å². The minimum Gasteiger partial charge on any atom is -0.506 e. The number of nitrogens with two attached hydrogens (primary N) is 1. The smallest absolute Gasteiger partial charge is 0.138 e. The highest BCUT2D eigenvalue weighted by Crippen LogP contribution is 2.26. The van der Waals surface area contributed by atoms with E-state index < -0.39 is 0 Å². The summed E-state index contributed by atoms with van der Waals surface area (Å²) in [5.74, 6) is 0.238. The molecule has 0 heterocycles. The van der Waals surface area contributed by atoms with E-state index in [-0.39, 0.29) is 11.7 Å². The summed E-state index contributed by atoms with van der Waals surface area (Å²) in [5, 5.41) is 9.16. The molecule has 1 atom stereocenters. The number of hydrogen-bond donors (Lipinski definition) is 2. The van der Waals surface area contributed by atoms with Crippen LogP contribution >= 0.6 is 0 Å². The molecule has 0 bridgehead atoms. The van der Waals surface area contributed by atoms with Crippen molar-refractivity contribution in [2.75, 3.05) is 5.73 Å². The first-order valence-electron chi connectivity index (χ1n) is 4.17. The molecule has 0 saturated carbocycles. The van der Waals surface area contributed by atoms with E-state index >= 15 is 0 Å². The van der Waals surface area contributed by atoms with Crippen molar-refractivity contribution in [2.24, 2.45) is 0 Å². The number of benzene rings is 1. The van der Waals surface area contributed by atoms with Crippen LogP contribution < -0.4 is 5.73 Å². The molecule has 70 valence electrons. The summed E-state index contributed by atoms with van der Waals surface area (Å²) in [4.78, 5) is 10.3. The number of phenolic OH excluding ortho intramolecular Hbond substituents is 1. The monoisotopic (exact) mass is 179 g/mol. The standard InChI is InChI=1S/C10H13NO2/c1-7(4-5-12)8-2-3-10(13)9(11)6-8/h2-3,5-7,13H,4,11H2,1H3. The topological polar surface area (TPSA) is 63.3 Å². The van der Waals surface area contributed by atoms with E-state index in [1.807, 2.05) is 6.92 Å². The van der Waals surface area contributed by atoms with Gasteiger partial charge >= 0.3 is 0 Å². The maximum absolute atomic E-state index is 10.3. The molecule has 0 fully saturated rings. The van der Waals surface area contributed by atoms with Crippen LogP contribution in [0.4, 0.5) is 5.69 Å².